The zero-order chi connectivity index (χ0) is 9.68. The zero-order valence-electron chi connectivity index (χ0n) is 7.59. The standard InChI is InChI=1S/C7H12BN3O2/c1-12-4-6-5(3-10-11-9)2-7(8)13-6/h5-7H,2-4H2,1H3/t5?,6-,7-/m1/s1. The van der Waals surface area contributed by atoms with Crippen LogP contribution in [0.25, 0.3) is 10.4 Å². The van der Waals surface area contributed by atoms with Crippen molar-refractivity contribution in [3.8, 4) is 0 Å². The summed E-state index contributed by atoms with van der Waals surface area (Å²) in [7, 11) is 7.21. The highest BCUT2D eigenvalue weighted by molar-refractivity contribution is 6.11. The molecule has 0 aliphatic carbocycles. The smallest absolute Gasteiger partial charge is 0.109 e. The van der Waals surface area contributed by atoms with Crippen LogP contribution in [-0.2, 0) is 9.47 Å². The van der Waals surface area contributed by atoms with Gasteiger partial charge < -0.3 is 9.47 Å². The Morgan fingerprint density at radius 1 is 1.77 bits per heavy atom. The largest absolute Gasteiger partial charge is 0.382 e. The van der Waals surface area contributed by atoms with E-state index in [0.717, 1.165) is 6.42 Å². The van der Waals surface area contributed by atoms with Gasteiger partial charge in [-0.05, 0) is 17.9 Å². The topological polar surface area (TPSA) is 67.2 Å². The molecule has 0 bridgehead atoms. The van der Waals surface area contributed by atoms with Crippen molar-refractivity contribution in [3.05, 3.63) is 10.4 Å². The van der Waals surface area contributed by atoms with Gasteiger partial charge in [0.15, 0.2) is 0 Å². The molecule has 70 valence electrons. The summed E-state index contributed by atoms with van der Waals surface area (Å²) in [4.78, 5) is 2.71. The molecule has 0 aromatic heterocycles. The highest BCUT2D eigenvalue weighted by Gasteiger charge is 2.31. The molecule has 0 N–H and O–H groups in total. The van der Waals surface area contributed by atoms with Gasteiger partial charge in [0.1, 0.15) is 7.85 Å². The van der Waals surface area contributed by atoms with Crippen LogP contribution < -0.4 is 0 Å². The first-order valence-corrected chi connectivity index (χ1v) is 4.18. The van der Waals surface area contributed by atoms with Crippen LogP contribution in [0.4, 0.5) is 0 Å². The van der Waals surface area contributed by atoms with E-state index in [1.165, 1.54) is 0 Å². The number of hydrogen-bond acceptors (Lipinski definition) is 3. The normalized spacial score (nSPS) is 32.8. The van der Waals surface area contributed by atoms with Crippen molar-refractivity contribution >= 4 is 7.85 Å². The second-order valence-corrected chi connectivity index (χ2v) is 3.08. The predicted octanol–water partition coefficient (Wildman–Crippen LogP) is 0.843. The number of rotatable bonds is 4. The summed E-state index contributed by atoms with van der Waals surface area (Å²) < 4.78 is 10.3. The van der Waals surface area contributed by atoms with E-state index in [2.05, 4.69) is 10.0 Å². The van der Waals surface area contributed by atoms with Crippen molar-refractivity contribution in [2.24, 2.45) is 11.0 Å². The van der Waals surface area contributed by atoms with Crippen LogP contribution >= 0.6 is 0 Å². The summed E-state index contributed by atoms with van der Waals surface area (Å²) in [6.07, 6.45) is 0.693. The first-order valence-electron chi connectivity index (χ1n) is 4.18. The van der Waals surface area contributed by atoms with E-state index < -0.39 is 0 Å². The second-order valence-electron chi connectivity index (χ2n) is 3.08. The Hall–Kier alpha value is -0.705. The summed E-state index contributed by atoms with van der Waals surface area (Å²) in [5.74, 6) is 0.186. The summed E-state index contributed by atoms with van der Waals surface area (Å²) in [6, 6.07) is -0.251. The molecule has 0 saturated carbocycles. The van der Waals surface area contributed by atoms with Crippen molar-refractivity contribution < 1.29 is 9.47 Å². The minimum absolute atomic E-state index is 0.0366. The number of ether oxygens (including phenoxy) is 2. The second kappa shape index (κ2) is 5.12. The quantitative estimate of drug-likeness (QED) is 0.279. The molecule has 5 nitrogen and oxygen atoms in total. The highest BCUT2D eigenvalue weighted by Crippen LogP contribution is 2.25. The maximum Gasteiger partial charge on any atom is 0.109 e. The van der Waals surface area contributed by atoms with Gasteiger partial charge in [-0.1, -0.05) is 5.11 Å². The summed E-state index contributed by atoms with van der Waals surface area (Å²) >= 11 is 0. The van der Waals surface area contributed by atoms with Gasteiger partial charge in [0.25, 0.3) is 0 Å². The lowest BCUT2D eigenvalue weighted by atomic mass is 9.91. The fraction of sp³-hybridized carbons (Fsp3) is 1.00. The van der Waals surface area contributed by atoms with Gasteiger partial charge in [-0.25, -0.2) is 0 Å². The monoisotopic (exact) mass is 181 g/mol. The molecule has 1 aliphatic rings. The minimum atomic E-state index is -0.251. The molecule has 1 unspecified atom stereocenters. The summed E-state index contributed by atoms with van der Waals surface area (Å²) in [5, 5.41) is 3.51. The molecule has 0 aromatic carbocycles. The van der Waals surface area contributed by atoms with E-state index in [1.807, 2.05) is 0 Å². The van der Waals surface area contributed by atoms with Crippen LogP contribution in [0, 0.1) is 5.92 Å². The molecule has 13 heavy (non-hydrogen) atoms. The number of azide groups is 1. The number of hydrogen-bond donors (Lipinski definition) is 0. The Morgan fingerprint density at radius 2 is 2.54 bits per heavy atom. The molecule has 2 radical (unpaired) electrons. The SMILES string of the molecule is [B][C@H]1CC(CN=[N+]=[N-])[C@@H](COC)O1. The van der Waals surface area contributed by atoms with E-state index in [9.17, 15) is 0 Å². The molecule has 3 atom stereocenters. The van der Waals surface area contributed by atoms with E-state index in [-0.39, 0.29) is 18.0 Å². The molecular weight excluding hydrogens is 169 g/mol. The van der Waals surface area contributed by atoms with Crippen molar-refractivity contribution in [2.45, 2.75) is 18.5 Å². The molecule has 0 aromatic rings. The highest BCUT2D eigenvalue weighted by atomic mass is 16.5. The Bertz CT molecular complexity index is 208. The molecular formula is C7H12BN3O2. The maximum atomic E-state index is 8.16. The lowest BCUT2D eigenvalue weighted by Crippen LogP contribution is -2.23. The molecule has 1 rings (SSSR count). The molecule has 0 spiro atoms. The lowest BCUT2D eigenvalue weighted by Gasteiger charge is -2.15. The van der Waals surface area contributed by atoms with Crippen molar-refractivity contribution in [3.63, 3.8) is 0 Å². The average Bonchev–Trinajstić information content (AvgIpc) is 2.44. The van der Waals surface area contributed by atoms with Gasteiger partial charge in [0.2, 0.25) is 0 Å². The van der Waals surface area contributed by atoms with Gasteiger partial charge in [-0.2, -0.15) is 0 Å². The van der Waals surface area contributed by atoms with Crippen molar-refractivity contribution in [2.75, 3.05) is 20.3 Å². The summed E-state index contributed by atoms with van der Waals surface area (Å²) in [6.45, 7) is 0.928. The molecule has 0 amide bonds. The van der Waals surface area contributed by atoms with Crippen LogP contribution in [-0.4, -0.2) is 40.2 Å². The molecule has 1 aliphatic heterocycles. The number of methoxy groups -OCH3 is 1. The summed E-state index contributed by atoms with van der Waals surface area (Å²) in [5.41, 5.74) is 8.16. The first kappa shape index (κ1) is 10.4. The van der Waals surface area contributed by atoms with E-state index in [1.54, 1.807) is 7.11 Å². The third-order valence-corrected chi connectivity index (χ3v) is 2.12. The predicted molar refractivity (Wildman–Crippen MR) is 48.4 cm³/mol. The maximum absolute atomic E-state index is 8.16. The van der Waals surface area contributed by atoms with Gasteiger partial charge in [0, 0.05) is 24.6 Å². The fourth-order valence-corrected chi connectivity index (χ4v) is 1.51. The van der Waals surface area contributed by atoms with E-state index in [4.69, 9.17) is 22.9 Å². The molecule has 1 fully saturated rings. The minimum Gasteiger partial charge on any atom is -0.382 e. The van der Waals surface area contributed by atoms with Crippen LogP contribution in [0.15, 0.2) is 5.11 Å². The van der Waals surface area contributed by atoms with Crippen LogP contribution in [0.5, 0.6) is 0 Å². The first-order chi connectivity index (χ1) is 6.27. The van der Waals surface area contributed by atoms with Crippen molar-refractivity contribution in [1.82, 2.24) is 0 Å². The van der Waals surface area contributed by atoms with E-state index >= 15 is 0 Å². The lowest BCUT2D eigenvalue weighted by molar-refractivity contribution is 0.0108. The van der Waals surface area contributed by atoms with Gasteiger partial charge in [-0.3, -0.25) is 0 Å². The third-order valence-electron chi connectivity index (χ3n) is 2.12. The fourth-order valence-electron chi connectivity index (χ4n) is 1.51. The molecule has 6 heteroatoms. The Kier molecular flexibility index (Phi) is 4.08. The van der Waals surface area contributed by atoms with Crippen molar-refractivity contribution in [1.29, 1.82) is 0 Å². The van der Waals surface area contributed by atoms with Gasteiger partial charge in [-0.15, -0.1) is 0 Å². The van der Waals surface area contributed by atoms with Crippen LogP contribution in [0.1, 0.15) is 6.42 Å². The third kappa shape index (κ3) is 2.92. The van der Waals surface area contributed by atoms with Crippen LogP contribution in [0.2, 0.25) is 0 Å². The Labute approximate surface area is 78.4 Å². The Morgan fingerprint density at radius 3 is 3.15 bits per heavy atom. The average molecular weight is 181 g/mol. The van der Waals surface area contributed by atoms with E-state index in [0.29, 0.717) is 13.2 Å². The Balaban J connectivity index is 2.44. The zero-order valence-corrected chi connectivity index (χ0v) is 7.59. The molecule has 1 saturated heterocycles. The van der Waals surface area contributed by atoms with Crippen LogP contribution in [0.3, 0.4) is 0 Å². The van der Waals surface area contributed by atoms with Gasteiger partial charge >= 0.3 is 0 Å². The molecule has 1 heterocycles. The number of nitrogens with zero attached hydrogens (tertiary/aromatic N) is 3. The van der Waals surface area contributed by atoms with Gasteiger partial charge in [0.05, 0.1) is 12.7 Å².